The zero-order chi connectivity index (χ0) is 30.8. The van der Waals surface area contributed by atoms with Crippen LogP contribution in [0.4, 0.5) is 5.69 Å². The van der Waals surface area contributed by atoms with Crippen molar-refractivity contribution in [2.45, 2.75) is 63.6 Å². The van der Waals surface area contributed by atoms with Crippen LogP contribution in [-0.2, 0) is 32.6 Å². The van der Waals surface area contributed by atoms with Gasteiger partial charge in [-0.05, 0) is 54.7 Å². The van der Waals surface area contributed by atoms with E-state index in [0.29, 0.717) is 22.9 Å². The van der Waals surface area contributed by atoms with E-state index in [1.807, 2.05) is 42.5 Å². The van der Waals surface area contributed by atoms with Crippen LogP contribution in [0.15, 0.2) is 78.9 Å². The standard InChI is InChI=1S/C33H40ClN3O5S/c1-42-30-15-8-14-29(23-30)37(43(2,40)41)21-9-16-32(38)36(24-26-17-19-27(34)20-18-26)31(22-25-10-4-3-5-11-25)33(39)35-28-12-6-7-13-28/h3-5,8,10-11,14-15,17-20,23,28,31H,6-7,9,12-13,16,21-22,24H2,1-2H3,(H,35,39)/t31-/m0/s1. The highest BCUT2D eigenvalue weighted by molar-refractivity contribution is 7.92. The van der Waals surface area contributed by atoms with Crippen LogP contribution >= 0.6 is 11.6 Å². The number of halogens is 1. The monoisotopic (exact) mass is 625 g/mol. The molecule has 1 aliphatic carbocycles. The van der Waals surface area contributed by atoms with Crippen LogP contribution in [0, 0.1) is 0 Å². The van der Waals surface area contributed by atoms with E-state index in [-0.39, 0.29) is 43.8 Å². The van der Waals surface area contributed by atoms with E-state index in [2.05, 4.69) is 5.32 Å². The number of benzene rings is 3. The molecule has 1 aliphatic rings. The number of hydrogen-bond donors (Lipinski definition) is 1. The molecule has 43 heavy (non-hydrogen) atoms. The van der Waals surface area contributed by atoms with Crippen molar-refractivity contribution >= 4 is 39.1 Å². The quantitative estimate of drug-likeness (QED) is 0.252. The van der Waals surface area contributed by atoms with Crippen molar-refractivity contribution in [1.82, 2.24) is 10.2 Å². The summed E-state index contributed by atoms with van der Waals surface area (Å²) in [4.78, 5) is 29.5. The van der Waals surface area contributed by atoms with Crippen molar-refractivity contribution in [2.75, 3.05) is 24.2 Å². The minimum Gasteiger partial charge on any atom is -0.497 e. The first-order valence-corrected chi connectivity index (χ1v) is 16.9. The second kappa shape index (κ2) is 15.3. The van der Waals surface area contributed by atoms with Gasteiger partial charge in [0.2, 0.25) is 21.8 Å². The van der Waals surface area contributed by atoms with Crippen LogP contribution < -0.4 is 14.4 Å². The molecule has 0 bridgehead atoms. The highest BCUT2D eigenvalue weighted by Gasteiger charge is 2.32. The Hall–Kier alpha value is -3.56. The molecule has 0 spiro atoms. The van der Waals surface area contributed by atoms with Crippen molar-refractivity contribution in [3.63, 3.8) is 0 Å². The van der Waals surface area contributed by atoms with Crippen molar-refractivity contribution in [3.05, 3.63) is 95.0 Å². The first kappa shape index (κ1) is 32.4. The third kappa shape index (κ3) is 9.46. The summed E-state index contributed by atoms with van der Waals surface area (Å²) in [5.41, 5.74) is 2.26. The summed E-state index contributed by atoms with van der Waals surface area (Å²) < 4.78 is 32.0. The van der Waals surface area contributed by atoms with Gasteiger partial charge in [0.1, 0.15) is 11.8 Å². The molecule has 0 aliphatic heterocycles. The molecule has 2 amide bonds. The van der Waals surface area contributed by atoms with Gasteiger partial charge in [0.25, 0.3) is 0 Å². The van der Waals surface area contributed by atoms with E-state index < -0.39 is 16.1 Å². The molecule has 1 N–H and O–H groups in total. The second-order valence-corrected chi connectivity index (χ2v) is 13.3. The van der Waals surface area contributed by atoms with Crippen molar-refractivity contribution in [3.8, 4) is 5.75 Å². The number of amides is 2. The average Bonchev–Trinajstić information content (AvgIpc) is 3.51. The highest BCUT2D eigenvalue weighted by Crippen LogP contribution is 2.25. The molecule has 0 radical (unpaired) electrons. The van der Waals surface area contributed by atoms with E-state index in [0.717, 1.165) is 43.1 Å². The topological polar surface area (TPSA) is 96.0 Å². The summed E-state index contributed by atoms with van der Waals surface area (Å²) in [7, 11) is -2.10. The van der Waals surface area contributed by atoms with E-state index >= 15 is 0 Å². The van der Waals surface area contributed by atoms with Crippen LogP contribution in [0.2, 0.25) is 5.02 Å². The lowest BCUT2D eigenvalue weighted by atomic mass is 10.0. The number of carbonyl (C=O) groups is 2. The van der Waals surface area contributed by atoms with Gasteiger partial charge in [0, 0.05) is 43.1 Å². The zero-order valence-corrected chi connectivity index (χ0v) is 26.3. The van der Waals surface area contributed by atoms with Gasteiger partial charge >= 0.3 is 0 Å². The number of rotatable bonds is 14. The van der Waals surface area contributed by atoms with Crippen LogP contribution in [0.1, 0.15) is 49.7 Å². The number of anilines is 1. The molecule has 0 saturated heterocycles. The SMILES string of the molecule is COc1cccc(N(CCCC(=O)N(Cc2ccc(Cl)cc2)[C@@H](Cc2ccccc2)C(=O)NC2CCCC2)S(C)(=O)=O)c1. The summed E-state index contributed by atoms with van der Waals surface area (Å²) >= 11 is 6.12. The van der Waals surface area contributed by atoms with E-state index in [9.17, 15) is 18.0 Å². The lowest BCUT2D eigenvalue weighted by molar-refractivity contribution is -0.141. The Balaban J connectivity index is 1.58. The first-order valence-electron chi connectivity index (χ1n) is 14.6. The third-order valence-corrected chi connectivity index (χ3v) is 9.18. The number of sulfonamides is 1. The summed E-state index contributed by atoms with van der Waals surface area (Å²) in [5, 5.41) is 3.79. The van der Waals surface area contributed by atoms with E-state index in [1.54, 1.807) is 41.3 Å². The number of ether oxygens (including phenoxy) is 1. The first-order chi connectivity index (χ1) is 20.6. The van der Waals surface area contributed by atoms with Gasteiger partial charge in [0.15, 0.2) is 0 Å². The minimum absolute atomic E-state index is 0.0611. The number of nitrogens with zero attached hydrogens (tertiary/aromatic N) is 2. The number of hydrogen-bond acceptors (Lipinski definition) is 5. The number of methoxy groups -OCH3 is 1. The van der Waals surface area contributed by atoms with Gasteiger partial charge in [-0.2, -0.15) is 0 Å². The summed E-state index contributed by atoms with van der Waals surface area (Å²) in [6.07, 6.45) is 5.84. The maximum atomic E-state index is 14.0. The summed E-state index contributed by atoms with van der Waals surface area (Å²) in [6.45, 7) is 0.321. The lowest BCUT2D eigenvalue weighted by Gasteiger charge is -2.33. The minimum atomic E-state index is -3.62. The predicted molar refractivity (Wildman–Crippen MR) is 171 cm³/mol. The maximum Gasteiger partial charge on any atom is 0.243 e. The number of nitrogens with one attached hydrogen (secondary N) is 1. The largest absolute Gasteiger partial charge is 0.497 e. The van der Waals surface area contributed by atoms with E-state index in [1.165, 1.54) is 11.4 Å². The Morgan fingerprint density at radius 1 is 0.977 bits per heavy atom. The lowest BCUT2D eigenvalue weighted by Crippen LogP contribution is -2.52. The Morgan fingerprint density at radius 3 is 2.33 bits per heavy atom. The van der Waals surface area contributed by atoms with Gasteiger partial charge in [0.05, 0.1) is 19.1 Å². The average molecular weight is 626 g/mol. The molecule has 1 saturated carbocycles. The zero-order valence-electron chi connectivity index (χ0n) is 24.7. The fourth-order valence-corrected chi connectivity index (χ4v) is 6.56. The summed E-state index contributed by atoms with van der Waals surface area (Å²) in [6, 6.07) is 23.1. The summed E-state index contributed by atoms with van der Waals surface area (Å²) in [5.74, 6) is 0.136. The molecule has 8 nitrogen and oxygen atoms in total. The van der Waals surface area contributed by atoms with Crippen LogP contribution in [0.25, 0.3) is 0 Å². The Kier molecular flexibility index (Phi) is 11.5. The van der Waals surface area contributed by atoms with Crippen molar-refractivity contribution < 1.29 is 22.7 Å². The molecule has 10 heteroatoms. The van der Waals surface area contributed by atoms with E-state index in [4.69, 9.17) is 16.3 Å². The molecule has 0 heterocycles. The van der Waals surface area contributed by atoms with Crippen LogP contribution in [-0.4, -0.2) is 57.1 Å². The highest BCUT2D eigenvalue weighted by atomic mass is 35.5. The smallest absolute Gasteiger partial charge is 0.243 e. The van der Waals surface area contributed by atoms with Gasteiger partial charge < -0.3 is 15.0 Å². The van der Waals surface area contributed by atoms with Crippen LogP contribution in [0.3, 0.4) is 0 Å². The molecule has 1 fully saturated rings. The Morgan fingerprint density at radius 2 is 1.67 bits per heavy atom. The molecule has 4 rings (SSSR count). The molecule has 230 valence electrons. The molecule has 3 aromatic rings. The van der Waals surface area contributed by atoms with Gasteiger partial charge in [-0.25, -0.2) is 8.42 Å². The molecular weight excluding hydrogens is 586 g/mol. The predicted octanol–water partition coefficient (Wildman–Crippen LogP) is 5.59. The van der Waals surface area contributed by atoms with Gasteiger partial charge in [-0.15, -0.1) is 0 Å². The Bertz CT molecular complexity index is 1460. The van der Waals surface area contributed by atoms with Gasteiger partial charge in [-0.1, -0.05) is 73.0 Å². The molecule has 3 aromatic carbocycles. The maximum absolute atomic E-state index is 14.0. The Labute approximate surface area is 260 Å². The normalized spacial score (nSPS) is 14.2. The number of carbonyl (C=O) groups excluding carboxylic acids is 2. The van der Waals surface area contributed by atoms with Gasteiger partial charge in [-0.3, -0.25) is 13.9 Å². The molecular formula is C33H40ClN3O5S. The van der Waals surface area contributed by atoms with Crippen LogP contribution in [0.5, 0.6) is 5.75 Å². The second-order valence-electron chi connectivity index (χ2n) is 11.0. The molecule has 1 atom stereocenters. The fraction of sp³-hybridized carbons (Fsp3) is 0.394. The van der Waals surface area contributed by atoms with Crippen molar-refractivity contribution in [2.24, 2.45) is 0 Å². The third-order valence-electron chi connectivity index (χ3n) is 7.73. The molecule has 0 unspecified atom stereocenters. The fourth-order valence-electron chi connectivity index (χ4n) is 5.48. The van der Waals surface area contributed by atoms with Crippen molar-refractivity contribution in [1.29, 1.82) is 0 Å². The molecule has 0 aromatic heterocycles.